The molecular formula is C17H22N2OS. The quantitative estimate of drug-likeness (QED) is 0.852. The van der Waals surface area contributed by atoms with Crippen molar-refractivity contribution >= 4 is 22.9 Å². The number of nitrogens with one attached hydrogen (secondary N) is 2. The molecule has 4 heteroatoms. The summed E-state index contributed by atoms with van der Waals surface area (Å²) in [6.45, 7) is 7.65. The van der Waals surface area contributed by atoms with Crippen LogP contribution in [0.15, 0.2) is 41.8 Å². The van der Waals surface area contributed by atoms with Crippen LogP contribution in [0.4, 0.5) is 5.69 Å². The summed E-state index contributed by atoms with van der Waals surface area (Å²) in [4.78, 5) is 12.6. The first-order chi connectivity index (χ1) is 9.99. The molecule has 0 saturated heterocycles. The van der Waals surface area contributed by atoms with Crippen molar-refractivity contribution in [3.05, 3.63) is 52.2 Å². The molecule has 21 heavy (non-hydrogen) atoms. The summed E-state index contributed by atoms with van der Waals surface area (Å²) in [7, 11) is 0. The molecular weight excluding hydrogens is 280 g/mol. The van der Waals surface area contributed by atoms with Gasteiger partial charge in [0.05, 0.1) is 0 Å². The van der Waals surface area contributed by atoms with Crippen molar-refractivity contribution < 1.29 is 4.79 Å². The van der Waals surface area contributed by atoms with Crippen molar-refractivity contribution in [2.75, 3.05) is 11.9 Å². The van der Waals surface area contributed by atoms with Crippen LogP contribution in [0, 0.1) is 0 Å². The minimum Gasteiger partial charge on any atom is -0.326 e. The predicted octanol–water partition coefficient (Wildman–Crippen LogP) is 3.77. The Morgan fingerprint density at radius 3 is 2.62 bits per heavy atom. The molecule has 2 aromatic rings. The van der Waals surface area contributed by atoms with Gasteiger partial charge in [0, 0.05) is 36.0 Å². The third-order valence-corrected chi connectivity index (χ3v) is 4.63. The van der Waals surface area contributed by atoms with Gasteiger partial charge in [-0.2, -0.15) is 0 Å². The molecule has 0 saturated carbocycles. The largest absolute Gasteiger partial charge is 0.326 e. The number of carbonyl (C=O) groups is 1. The van der Waals surface area contributed by atoms with Crippen molar-refractivity contribution in [2.24, 2.45) is 0 Å². The number of carbonyl (C=O) groups excluding carboxylic acids is 1. The molecule has 0 atom stereocenters. The standard InChI is InChI=1S/C17H22N2OS/c1-13(20)19-15-8-5-4-7-14(15)11-18-12-17(2,3)16-9-6-10-21-16/h4-10,18H,11-12H2,1-3H3,(H,19,20). The van der Waals surface area contributed by atoms with Crippen LogP contribution in [0.2, 0.25) is 0 Å². The SMILES string of the molecule is CC(=O)Nc1ccccc1CNCC(C)(C)c1cccs1. The van der Waals surface area contributed by atoms with E-state index in [0.29, 0.717) is 0 Å². The topological polar surface area (TPSA) is 41.1 Å². The molecule has 0 aliphatic rings. The van der Waals surface area contributed by atoms with Crippen LogP contribution < -0.4 is 10.6 Å². The Balaban J connectivity index is 1.96. The highest BCUT2D eigenvalue weighted by molar-refractivity contribution is 7.10. The number of anilines is 1. The normalized spacial score (nSPS) is 11.4. The zero-order valence-corrected chi connectivity index (χ0v) is 13.6. The maximum Gasteiger partial charge on any atom is 0.221 e. The summed E-state index contributed by atoms with van der Waals surface area (Å²) in [5.74, 6) is -0.0404. The monoisotopic (exact) mass is 302 g/mol. The summed E-state index contributed by atoms with van der Waals surface area (Å²) in [6, 6.07) is 12.2. The smallest absolute Gasteiger partial charge is 0.221 e. The fraction of sp³-hybridized carbons (Fsp3) is 0.353. The Bertz CT molecular complexity index is 591. The molecule has 0 fully saturated rings. The van der Waals surface area contributed by atoms with E-state index < -0.39 is 0 Å². The van der Waals surface area contributed by atoms with Crippen LogP contribution in [-0.4, -0.2) is 12.5 Å². The molecule has 1 heterocycles. The maximum atomic E-state index is 11.2. The molecule has 2 N–H and O–H groups in total. The van der Waals surface area contributed by atoms with Crippen LogP contribution in [0.5, 0.6) is 0 Å². The van der Waals surface area contributed by atoms with Gasteiger partial charge < -0.3 is 10.6 Å². The van der Waals surface area contributed by atoms with Crippen molar-refractivity contribution in [3.8, 4) is 0 Å². The number of para-hydroxylation sites is 1. The zero-order chi connectivity index (χ0) is 15.3. The molecule has 1 amide bonds. The van der Waals surface area contributed by atoms with Gasteiger partial charge in [0.1, 0.15) is 0 Å². The molecule has 3 nitrogen and oxygen atoms in total. The lowest BCUT2D eigenvalue weighted by molar-refractivity contribution is -0.114. The number of rotatable bonds is 6. The van der Waals surface area contributed by atoms with E-state index in [1.165, 1.54) is 11.8 Å². The van der Waals surface area contributed by atoms with Crippen molar-refractivity contribution in [1.82, 2.24) is 5.32 Å². The Morgan fingerprint density at radius 2 is 1.95 bits per heavy atom. The first-order valence-corrected chi connectivity index (χ1v) is 7.97. The molecule has 1 aromatic carbocycles. The zero-order valence-electron chi connectivity index (χ0n) is 12.8. The molecule has 0 unspecified atom stereocenters. The fourth-order valence-corrected chi connectivity index (χ4v) is 3.10. The second kappa shape index (κ2) is 6.87. The summed E-state index contributed by atoms with van der Waals surface area (Å²) in [5, 5.41) is 8.49. The average Bonchev–Trinajstić information content (AvgIpc) is 2.95. The van der Waals surface area contributed by atoms with Crippen molar-refractivity contribution in [3.63, 3.8) is 0 Å². The van der Waals surface area contributed by atoms with E-state index in [-0.39, 0.29) is 11.3 Å². The summed E-state index contributed by atoms with van der Waals surface area (Å²) >= 11 is 1.79. The minimum atomic E-state index is -0.0404. The molecule has 0 aliphatic heterocycles. The highest BCUT2D eigenvalue weighted by Gasteiger charge is 2.21. The number of hydrogen-bond acceptors (Lipinski definition) is 3. The van der Waals surface area contributed by atoms with E-state index in [2.05, 4.69) is 42.0 Å². The highest BCUT2D eigenvalue weighted by Crippen LogP contribution is 2.26. The number of thiophene rings is 1. The van der Waals surface area contributed by atoms with Gasteiger partial charge in [0.2, 0.25) is 5.91 Å². The van der Waals surface area contributed by atoms with Crippen molar-refractivity contribution in [1.29, 1.82) is 0 Å². The van der Waals surface area contributed by atoms with Gasteiger partial charge in [0.15, 0.2) is 0 Å². The minimum absolute atomic E-state index is 0.0404. The Morgan fingerprint density at radius 1 is 1.19 bits per heavy atom. The van der Waals surface area contributed by atoms with E-state index in [0.717, 1.165) is 24.3 Å². The molecule has 0 radical (unpaired) electrons. The lowest BCUT2D eigenvalue weighted by Crippen LogP contribution is -2.32. The van der Waals surface area contributed by atoms with Gasteiger partial charge in [-0.05, 0) is 23.1 Å². The van der Waals surface area contributed by atoms with Crippen LogP contribution in [0.1, 0.15) is 31.2 Å². The van der Waals surface area contributed by atoms with Crippen LogP contribution in [-0.2, 0) is 16.8 Å². The van der Waals surface area contributed by atoms with Gasteiger partial charge in [0.25, 0.3) is 0 Å². The molecule has 2 rings (SSSR count). The summed E-state index contributed by atoms with van der Waals surface area (Å²) < 4.78 is 0. The third kappa shape index (κ3) is 4.41. The van der Waals surface area contributed by atoms with Crippen LogP contribution >= 0.6 is 11.3 Å². The number of amides is 1. The molecule has 112 valence electrons. The summed E-state index contributed by atoms with van der Waals surface area (Å²) in [5.41, 5.74) is 2.10. The Hall–Kier alpha value is -1.65. The first-order valence-electron chi connectivity index (χ1n) is 7.09. The predicted molar refractivity (Wildman–Crippen MR) is 89.8 cm³/mol. The van der Waals surface area contributed by atoms with Crippen molar-refractivity contribution in [2.45, 2.75) is 32.7 Å². The maximum absolute atomic E-state index is 11.2. The third-order valence-electron chi connectivity index (χ3n) is 3.40. The Kier molecular flexibility index (Phi) is 5.15. The van der Waals surface area contributed by atoms with E-state index >= 15 is 0 Å². The van der Waals surface area contributed by atoms with Gasteiger partial charge in [-0.3, -0.25) is 4.79 Å². The lowest BCUT2D eigenvalue weighted by atomic mass is 9.91. The second-order valence-electron chi connectivity index (χ2n) is 5.80. The second-order valence-corrected chi connectivity index (χ2v) is 6.75. The number of hydrogen-bond donors (Lipinski definition) is 2. The van der Waals surface area contributed by atoms with E-state index in [9.17, 15) is 4.79 Å². The first kappa shape index (κ1) is 15.7. The van der Waals surface area contributed by atoms with Crippen LogP contribution in [0.3, 0.4) is 0 Å². The van der Waals surface area contributed by atoms with E-state index in [1.807, 2.05) is 24.3 Å². The molecule has 1 aromatic heterocycles. The summed E-state index contributed by atoms with van der Waals surface area (Å²) in [6.07, 6.45) is 0. The lowest BCUT2D eigenvalue weighted by Gasteiger charge is -2.24. The number of benzene rings is 1. The van der Waals surface area contributed by atoms with E-state index in [4.69, 9.17) is 0 Å². The molecule has 0 bridgehead atoms. The molecule has 0 spiro atoms. The van der Waals surface area contributed by atoms with E-state index in [1.54, 1.807) is 11.3 Å². The van der Waals surface area contributed by atoms with Gasteiger partial charge in [-0.1, -0.05) is 38.1 Å². The average molecular weight is 302 g/mol. The van der Waals surface area contributed by atoms with Gasteiger partial charge in [-0.25, -0.2) is 0 Å². The van der Waals surface area contributed by atoms with Gasteiger partial charge >= 0.3 is 0 Å². The highest BCUT2D eigenvalue weighted by atomic mass is 32.1. The fourth-order valence-electron chi connectivity index (χ4n) is 2.25. The van der Waals surface area contributed by atoms with Gasteiger partial charge in [-0.15, -0.1) is 11.3 Å². The molecule has 0 aliphatic carbocycles. The van der Waals surface area contributed by atoms with Crippen LogP contribution in [0.25, 0.3) is 0 Å². The Labute approximate surface area is 130 Å².